The monoisotopic (exact) mass is 388 g/mol. The van der Waals surface area contributed by atoms with Crippen LogP contribution in [0.3, 0.4) is 0 Å². The molecule has 0 amide bonds. The molecule has 2 aromatic carbocycles. The lowest BCUT2D eigenvalue weighted by Crippen LogP contribution is -2.12. The summed E-state index contributed by atoms with van der Waals surface area (Å²) < 4.78 is 33.1. The summed E-state index contributed by atoms with van der Waals surface area (Å²) in [6.45, 7) is 0. The van der Waals surface area contributed by atoms with Gasteiger partial charge < -0.3 is 4.74 Å². The highest BCUT2D eigenvalue weighted by Gasteiger charge is 2.18. The smallest absolute Gasteiger partial charge is 0.263 e. The molecule has 0 fully saturated rings. The Kier molecular flexibility index (Phi) is 4.37. The number of sulfonamides is 1. The first-order valence-electron chi connectivity index (χ1n) is 6.32. The van der Waals surface area contributed by atoms with Crippen LogP contribution in [0.4, 0.5) is 5.13 Å². The molecule has 1 aromatic heterocycles. The van der Waals surface area contributed by atoms with Gasteiger partial charge in [-0.05, 0) is 36.4 Å². The lowest BCUT2D eigenvalue weighted by molar-refractivity contribution is 0.419. The topological polar surface area (TPSA) is 68.3 Å². The number of benzene rings is 2. The third-order valence-electron chi connectivity index (χ3n) is 3.02. The van der Waals surface area contributed by atoms with Crippen molar-refractivity contribution in [3.8, 4) is 5.75 Å². The summed E-state index contributed by atoms with van der Waals surface area (Å²) in [5.74, 6) is 0.526. The number of ether oxygens (including phenoxy) is 1. The molecular weight excluding hydrogens is 379 g/mol. The van der Waals surface area contributed by atoms with Gasteiger partial charge in [0.1, 0.15) is 11.3 Å². The fourth-order valence-electron chi connectivity index (χ4n) is 1.95. The molecule has 0 unspecified atom stereocenters. The maximum absolute atomic E-state index is 12.4. The number of nitrogens with one attached hydrogen (secondary N) is 1. The number of thiazole rings is 1. The second-order valence-electron chi connectivity index (χ2n) is 4.51. The molecule has 0 atom stereocenters. The zero-order valence-electron chi connectivity index (χ0n) is 11.7. The van der Waals surface area contributed by atoms with E-state index in [-0.39, 0.29) is 10.0 Å². The average molecular weight is 389 g/mol. The predicted octanol–water partition coefficient (Wildman–Crippen LogP) is 4.41. The SMILES string of the molecule is COc1ccc(Cl)c2sc(NS(=O)(=O)c3ccc(Cl)cc3)nc12. The predicted molar refractivity (Wildman–Crippen MR) is 93.4 cm³/mol. The van der Waals surface area contributed by atoms with Gasteiger partial charge in [-0.2, -0.15) is 0 Å². The van der Waals surface area contributed by atoms with E-state index in [1.54, 1.807) is 12.1 Å². The van der Waals surface area contributed by atoms with Crippen molar-refractivity contribution in [3.05, 3.63) is 46.4 Å². The summed E-state index contributed by atoms with van der Waals surface area (Å²) in [5, 5.41) is 1.15. The van der Waals surface area contributed by atoms with E-state index in [9.17, 15) is 8.42 Å². The summed E-state index contributed by atoms with van der Waals surface area (Å²) >= 11 is 13.0. The molecule has 1 heterocycles. The number of nitrogens with zero attached hydrogens (tertiary/aromatic N) is 1. The molecule has 0 aliphatic carbocycles. The van der Waals surface area contributed by atoms with Gasteiger partial charge in [-0.25, -0.2) is 13.4 Å². The van der Waals surface area contributed by atoms with Crippen LogP contribution in [0.2, 0.25) is 10.0 Å². The first kappa shape index (κ1) is 16.3. The minimum atomic E-state index is -3.75. The molecule has 0 saturated carbocycles. The van der Waals surface area contributed by atoms with E-state index in [0.29, 0.717) is 26.0 Å². The molecule has 9 heteroatoms. The van der Waals surface area contributed by atoms with Crippen molar-refractivity contribution in [2.24, 2.45) is 0 Å². The molecule has 0 bridgehead atoms. The zero-order valence-corrected chi connectivity index (χ0v) is 14.9. The summed E-state index contributed by atoms with van der Waals surface area (Å²) in [5.41, 5.74) is 0.513. The van der Waals surface area contributed by atoms with Crippen molar-refractivity contribution in [2.75, 3.05) is 11.8 Å². The summed E-state index contributed by atoms with van der Waals surface area (Å²) in [6, 6.07) is 9.22. The summed E-state index contributed by atoms with van der Waals surface area (Å²) in [4.78, 5) is 4.36. The third kappa shape index (κ3) is 3.23. The molecule has 120 valence electrons. The first-order valence-corrected chi connectivity index (χ1v) is 9.38. The molecular formula is C14H10Cl2N2O3S2. The minimum Gasteiger partial charge on any atom is -0.494 e. The Balaban J connectivity index is 2.01. The van der Waals surface area contributed by atoms with E-state index in [1.165, 1.54) is 31.4 Å². The first-order chi connectivity index (χ1) is 10.9. The van der Waals surface area contributed by atoms with E-state index in [4.69, 9.17) is 27.9 Å². The highest BCUT2D eigenvalue weighted by molar-refractivity contribution is 7.93. The summed E-state index contributed by atoms with van der Waals surface area (Å²) in [7, 11) is -2.24. The Bertz CT molecular complexity index is 970. The number of hydrogen-bond acceptors (Lipinski definition) is 5. The van der Waals surface area contributed by atoms with Crippen LogP contribution in [0.1, 0.15) is 0 Å². The van der Waals surface area contributed by atoms with E-state index >= 15 is 0 Å². The van der Waals surface area contributed by atoms with E-state index in [1.807, 2.05) is 0 Å². The number of halogens is 2. The number of rotatable bonds is 4. The van der Waals surface area contributed by atoms with Crippen LogP contribution < -0.4 is 9.46 Å². The van der Waals surface area contributed by atoms with Gasteiger partial charge in [0.15, 0.2) is 5.13 Å². The van der Waals surface area contributed by atoms with Crippen LogP contribution in [-0.2, 0) is 10.0 Å². The van der Waals surface area contributed by atoms with Gasteiger partial charge in [0.05, 0.1) is 21.7 Å². The molecule has 3 aromatic rings. The number of methoxy groups -OCH3 is 1. The lowest BCUT2D eigenvalue weighted by Gasteiger charge is -2.04. The molecule has 23 heavy (non-hydrogen) atoms. The maximum atomic E-state index is 12.4. The Hall–Kier alpha value is -1.54. The van der Waals surface area contributed by atoms with Crippen molar-refractivity contribution in [1.29, 1.82) is 0 Å². The van der Waals surface area contributed by atoms with Gasteiger partial charge in [0.2, 0.25) is 0 Å². The molecule has 5 nitrogen and oxygen atoms in total. The molecule has 0 spiro atoms. The largest absolute Gasteiger partial charge is 0.494 e. The van der Waals surface area contributed by atoms with Gasteiger partial charge in [-0.1, -0.05) is 34.5 Å². The second-order valence-corrected chi connectivity index (χ2v) is 8.03. The second kappa shape index (κ2) is 6.16. The lowest BCUT2D eigenvalue weighted by atomic mass is 10.3. The highest BCUT2D eigenvalue weighted by atomic mass is 35.5. The van der Waals surface area contributed by atoms with Crippen molar-refractivity contribution >= 4 is 59.9 Å². The highest BCUT2D eigenvalue weighted by Crippen LogP contribution is 2.37. The average Bonchev–Trinajstić information content (AvgIpc) is 2.92. The van der Waals surface area contributed by atoms with Crippen LogP contribution in [-0.4, -0.2) is 20.5 Å². The fraction of sp³-hybridized carbons (Fsp3) is 0.0714. The van der Waals surface area contributed by atoms with Crippen LogP contribution in [0.25, 0.3) is 10.2 Å². The number of anilines is 1. The fourth-order valence-corrected chi connectivity index (χ4v) is 4.46. The Morgan fingerprint density at radius 1 is 1.13 bits per heavy atom. The Labute approximate surface area is 146 Å². The Morgan fingerprint density at radius 2 is 1.83 bits per heavy atom. The molecule has 0 aliphatic rings. The maximum Gasteiger partial charge on any atom is 0.263 e. The standard InChI is InChI=1S/C14H10Cl2N2O3S2/c1-21-11-7-6-10(16)13-12(11)17-14(22-13)18-23(19,20)9-4-2-8(15)3-5-9/h2-7H,1H3,(H,17,18). The minimum absolute atomic E-state index is 0.0965. The number of fused-ring (bicyclic) bond motifs is 1. The van der Waals surface area contributed by atoms with E-state index in [2.05, 4.69) is 9.71 Å². The number of hydrogen-bond donors (Lipinski definition) is 1. The van der Waals surface area contributed by atoms with Gasteiger partial charge in [-0.15, -0.1) is 0 Å². The molecule has 1 N–H and O–H groups in total. The van der Waals surface area contributed by atoms with Gasteiger partial charge in [0, 0.05) is 5.02 Å². The Morgan fingerprint density at radius 3 is 2.48 bits per heavy atom. The van der Waals surface area contributed by atoms with Crippen LogP contribution in [0.5, 0.6) is 5.75 Å². The quantitative estimate of drug-likeness (QED) is 0.718. The molecule has 0 radical (unpaired) electrons. The third-order valence-corrected chi connectivity index (χ3v) is 6.19. The van der Waals surface area contributed by atoms with Crippen LogP contribution >= 0.6 is 34.5 Å². The van der Waals surface area contributed by atoms with Gasteiger partial charge in [-0.3, -0.25) is 4.72 Å². The normalized spacial score (nSPS) is 11.6. The molecule has 0 saturated heterocycles. The van der Waals surface area contributed by atoms with Gasteiger partial charge in [0.25, 0.3) is 10.0 Å². The summed E-state index contributed by atoms with van der Waals surface area (Å²) in [6.07, 6.45) is 0. The van der Waals surface area contributed by atoms with E-state index in [0.717, 1.165) is 11.3 Å². The molecule has 0 aliphatic heterocycles. The van der Waals surface area contributed by atoms with Crippen LogP contribution in [0, 0.1) is 0 Å². The van der Waals surface area contributed by atoms with E-state index < -0.39 is 10.0 Å². The molecule has 3 rings (SSSR count). The van der Waals surface area contributed by atoms with Crippen molar-refractivity contribution < 1.29 is 13.2 Å². The van der Waals surface area contributed by atoms with Crippen molar-refractivity contribution in [3.63, 3.8) is 0 Å². The van der Waals surface area contributed by atoms with Crippen LogP contribution in [0.15, 0.2) is 41.3 Å². The zero-order chi connectivity index (χ0) is 16.6. The van der Waals surface area contributed by atoms with Crippen molar-refractivity contribution in [2.45, 2.75) is 4.90 Å². The number of aromatic nitrogens is 1. The van der Waals surface area contributed by atoms with Crippen molar-refractivity contribution in [1.82, 2.24) is 4.98 Å². The van der Waals surface area contributed by atoms with Gasteiger partial charge >= 0.3 is 0 Å².